The van der Waals surface area contributed by atoms with Gasteiger partial charge in [-0.15, -0.1) is 0 Å². The van der Waals surface area contributed by atoms with E-state index in [-0.39, 0.29) is 11.7 Å². The second kappa shape index (κ2) is 7.03. The summed E-state index contributed by atoms with van der Waals surface area (Å²) < 4.78 is 18.6. The molecule has 1 saturated heterocycles. The van der Waals surface area contributed by atoms with Crippen LogP contribution in [-0.4, -0.2) is 34.9 Å². The van der Waals surface area contributed by atoms with Gasteiger partial charge in [0.15, 0.2) is 5.11 Å². The summed E-state index contributed by atoms with van der Waals surface area (Å²) in [6.45, 7) is 0.362. The highest BCUT2D eigenvalue weighted by molar-refractivity contribution is 7.80. The van der Waals surface area contributed by atoms with Crippen LogP contribution in [0.5, 0.6) is 5.75 Å². The van der Waals surface area contributed by atoms with Crippen LogP contribution in [0.25, 0.3) is 6.08 Å². The molecule has 4 nitrogen and oxygen atoms in total. The first-order valence-corrected chi connectivity index (χ1v) is 8.11. The summed E-state index contributed by atoms with van der Waals surface area (Å²) in [5.74, 6) is 0.312. The minimum Gasteiger partial charge on any atom is -0.489 e. The van der Waals surface area contributed by atoms with Crippen LogP contribution in [-0.2, 0) is 11.4 Å². The molecule has 3 rings (SSSR count). The van der Waals surface area contributed by atoms with Crippen LogP contribution < -0.4 is 4.74 Å². The van der Waals surface area contributed by atoms with Gasteiger partial charge in [-0.25, -0.2) is 4.39 Å². The van der Waals surface area contributed by atoms with Gasteiger partial charge in [-0.05, 0) is 53.7 Å². The van der Waals surface area contributed by atoms with Gasteiger partial charge in [0.2, 0.25) is 0 Å². The Labute approximate surface area is 151 Å². The van der Waals surface area contributed by atoms with Crippen molar-refractivity contribution in [2.75, 3.05) is 14.1 Å². The van der Waals surface area contributed by atoms with Crippen LogP contribution in [0.3, 0.4) is 0 Å². The average molecular weight is 356 g/mol. The SMILES string of the molecule is CN1C(=O)/C(=C/c2ccc(OCc3ccc(F)cc3)cc2)N(C)C1=S. The van der Waals surface area contributed by atoms with Crippen molar-refractivity contribution < 1.29 is 13.9 Å². The van der Waals surface area contributed by atoms with E-state index in [0.717, 1.165) is 11.1 Å². The molecule has 25 heavy (non-hydrogen) atoms. The molecule has 0 spiro atoms. The van der Waals surface area contributed by atoms with E-state index in [1.54, 1.807) is 37.2 Å². The maximum Gasteiger partial charge on any atom is 0.276 e. The molecule has 0 bridgehead atoms. The number of hydrogen-bond acceptors (Lipinski definition) is 3. The van der Waals surface area contributed by atoms with E-state index in [0.29, 0.717) is 23.2 Å². The second-order valence-electron chi connectivity index (χ2n) is 5.72. The maximum absolute atomic E-state index is 12.9. The van der Waals surface area contributed by atoms with Crippen molar-refractivity contribution in [3.8, 4) is 5.75 Å². The first-order valence-electron chi connectivity index (χ1n) is 7.70. The van der Waals surface area contributed by atoms with Crippen molar-refractivity contribution in [2.45, 2.75) is 6.61 Å². The quantitative estimate of drug-likeness (QED) is 0.621. The Morgan fingerprint density at radius 1 is 1.04 bits per heavy atom. The van der Waals surface area contributed by atoms with E-state index in [9.17, 15) is 9.18 Å². The smallest absolute Gasteiger partial charge is 0.276 e. The van der Waals surface area contributed by atoms with Crippen molar-refractivity contribution in [2.24, 2.45) is 0 Å². The summed E-state index contributed by atoms with van der Waals surface area (Å²) in [6, 6.07) is 13.6. The van der Waals surface area contributed by atoms with Gasteiger partial charge in [-0.2, -0.15) is 0 Å². The highest BCUT2D eigenvalue weighted by Gasteiger charge is 2.32. The number of rotatable bonds is 4. The lowest BCUT2D eigenvalue weighted by molar-refractivity contribution is -0.121. The van der Waals surface area contributed by atoms with Gasteiger partial charge in [-0.1, -0.05) is 24.3 Å². The van der Waals surface area contributed by atoms with Crippen LogP contribution >= 0.6 is 12.2 Å². The van der Waals surface area contributed by atoms with Gasteiger partial charge in [0.1, 0.15) is 23.9 Å². The van der Waals surface area contributed by atoms with Gasteiger partial charge in [0.05, 0.1) is 0 Å². The van der Waals surface area contributed by atoms with Crippen LogP contribution in [0.1, 0.15) is 11.1 Å². The monoisotopic (exact) mass is 356 g/mol. The number of nitrogens with zero attached hydrogens (tertiary/aromatic N) is 2. The summed E-state index contributed by atoms with van der Waals surface area (Å²) in [5, 5.41) is 0.482. The average Bonchev–Trinajstić information content (AvgIpc) is 2.80. The Kier molecular flexibility index (Phi) is 4.81. The molecule has 0 aliphatic carbocycles. The molecule has 1 fully saturated rings. The fourth-order valence-corrected chi connectivity index (χ4v) is 2.64. The summed E-state index contributed by atoms with van der Waals surface area (Å²) in [4.78, 5) is 15.3. The lowest BCUT2D eigenvalue weighted by Crippen LogP contribution is -2.26. The van der Waals surface area contributed by atoms with Gasteiger partial charge < -0.3 is 9.64 Å². The third kappa shape index (κ3) is 3.69. The molecule has 0 N–H and O–H groups in total. The van der Waals surface area contributed by atoms with Crippen molar-refractivity contribution in [3.63, 3.8) is 0 Å². The van der Waals surface area contributed by atoms with E-state index < -0.39 is 0 Å². The lowest BCUT2D eigenvalue weighted by atomic mass is 10.1. The van der Waals surface area contributed by atoms with Crippen molar-refractivity contribution in [1.29, 1.82) is 0 Å². The fourth-order valence-electron chi connectivity index (χ4n) is 2.45. The van der Waals surface area contributed by atoms with Gasteiger partial charge in [-0.3, -0.25) is 9.69 Å². The molecule has 2 aromatic carbocycles. The molecule has 128 valence electrons. The number of ether oxygens (including phenoxy) is 1. The van der Waals surface area contributed by atoms with Gasteiger partial charge >= 0.3 is 0 Å². The number of carbonyl (C=O) groups excluding carboxylic acids is 1. The molecule has 0 saturated carbocycles. The molecule has 2 aromatic rings. The number of thiocarbonyl (C=S) groups is 1. The molecule has 0 aromatic heterocycles. The molecule has 1 aliphatic heterocycles. The first-order chi connectivity index (χ1) is 12.0. The third-order valence-corrected chi connectivity index (χ3v) is 4.51. The zero-order chi connectivity index (χ0) is 18.0. The minimum absolute atomic E-state index is 0.121. The Morgan fingerprint density at radius 2 is 1.68 bits per heavy atom. The molecule has 6 heteroatoms. The lowest BCUT2D eigenvalue weighted by Gasteiger charge is -2.11. The zero-order valence-electron chi connectivity index (χ0n) is 13.9. The number of benzene rings is 2. The Hall–Kier alpha value is -2.73. The topological polar surface area (TPSA) is 32.8 Å². The molecule has 0 unspecified atom stereocenters. The first kappa shape index (κ1) is 17.1. The Morgan fingerprint density at radius 3 is 2.24 bits per heavy atom. The number of carbonyl (C=O) groups is 1. The highest BCUT2D eigenvalue weighted by Crippen LogP contribution is 2.22. The molecular formula is C19H17FN2O2S. The fraction of sp³-hybridized carbons (Fsp3) is 0.158. The molecule has 0 atom stereocenters. The third-order valence-electron chi connectivity index (χ3n) is 3.96. The minimum atomic E-state index is -0.266. The van der Waals surface area contributed by atoms with Crippen molar-refractivity contribution in [1.82, 2.24) is 9.80 Å². The molecule has 1 heterocycles. The predicted octanol–water partition coefficient (Wildman–Crippen LogP) is 3.43. The maximum atomic E-state index is 12.9. The largest absolute Gasteiger partial charge is 0.489 e. The highest BCUT2D eigenvalue weighted by atomic mass is 32.1. The van der Waals surface area contributed by atoms with Gasteiger partial charge in [0.25, 0.3) is 5.91 Å². The number of amides is 1. The van der Waals surface area contributed by atoms with Crippen molar-refractivity contribution >= 4 is 29.3 Å². The Balaban J connectivity index is 1.68. The van der Waals surface area contributed by atoms with E-state index in [4.69, 9.17) is 17.0 Å². The molecule has 1 amide bonds. The van der Waals surface area contributed by atoms with E-state index in [2.05, 4.69) is 0 Å². The van der Waals surface area contributed by atoms with E-state index >= 15 is 0 Å². The van der Waals surface area contributed by atoms with Gasteiger partial charge in [0, 0.05) is 14.1 Å². The number of likely N-dealkylation sites (N-methyl/N-ethyl adjacent to an activating group) is 2. The molecule has 0 radical (unpaired) electrons. The summed E-state index contributed by atoms with van der Waals surface area (Å²) >= 11 is 5.19. The van der Waals surface area contributed by atoms with E-state index in [1.165, 1.54) is 17.0 Å². The number of halogens is 1. The predicted molar refractivity (Wildman–Crippen MR) is 98.3 cm³/mol. The van der Waals surface area contributed by atoms with Crippen LogP contribution in [0, 0.1) is 5.82 Å². The second-order valence-corrected chi connectivity index (χ2v) is 6.08. The Bertz CT molecular complexity index is 832. The summed E-state index contributed by atoms with van der Waals surface area (Å²) in [5.41, 5.74) is 2.30. The summed E-state index contributed by atoms with van der Waals surface area (Å²) in [6.07, 6.45) is 1.79. The standard InChI is InChI=1S/C19H17FN2O2S/c1-21-17(18(23)22(2)19(21)25)11-13-5-9-16(10-6-13)24-12-14-3-7-15(20)8-4-14/h3-11H,12H2,1-2H3/b17-11-. The van der Waals surface area contributed by atoms with Crippen LogP contribution in [0.4, 0.5) is 4.39 Å². The normalized spacial score (nSPS) is 16.0. The summed E-state index contributed by atoms with van der Waals surface area (Å²) in [7, 11) is 3.43. The van der Waals surface area contributed by atoms with Crippen LogP contribution in [0.15, 0.2) is 54.2 Å². The van der Waals surface area contributed by atoms with E-state index in [1.807, 2.05) is 24.3 Å². The number of hydrogen-bond donors (Lipinski definition) is 0. The zero-order valence-corrected chi connectivity index (χ0v) is 14.7. The van der Waals surface area contributed by atoms with Crippen LogP contribution in [0.2, 0.25) is 0 Å². The van der Waals surface area contributed by atoms with Crippen molar-refractivity contribution in [3.05, 3.63) is 71.2 Å². The molecule has 1 aliphatic rings. The molecular weight excluding hydrogens is 339 g/mol.